The number of nitrogens with one attached hydrogen (secondary N) is 2. The molecule has 4 N–H and O–H groups in total. The van der Waals surface area contributed by atoms with E-state index in [-0.39, 0.29) is 6.54 Å². The number of hydrogen-bond donors (Lipinski definition) is 3. The summed E-state index contributed by atoms with van der Waals surface area (Å²) in [5.74, 6) is -1.84. The Hall–Kier alpha value is -3.88. The van der Waals surface area contributed by atoms with Gasteiger partial charge in [0.25, 0.3) is 5.91 Å². The molecule has 2 rings (SSSR count). The molecule has 0 bridgehead atoms. The summed E-state index contributed by atoms with van der Waals surface area (Å²) in [6, 6.07) is 10.5. The molecule has 2 unspecified atom stereocenters. The van der Waals surface area contributed by atoms with E-state index in [4.69, 9.17) is 10.5 Å². The molecule has 0 radical (unpaired) electrons. The quantitative estimate of drug-likeness (QED) is 0.471. The molecule has 0 heterocycles. The van der Waals surface area contributed by atoms with E-state index in [2.05, 4.69) is 10.6 Å². The maximum atomic E-state index is 13.8. The van der Waals surface area contributed by atoms with E-state index >= 15 is 0 Å². The summed E-state index contributed by atoms with van der Waals surface area (Å²) >= 11 is 0. The van der Waals surface area contributed by atoms with Crippen LogP contribution in [0.25, 0.3) is 0 Å². The second-order valence-corrected chi connectivity index (χ2v) is 10.0. The largest absolute Gasteiger partial charge is 0.444 e. The van der Waals surface area contributed by atoms with Crippen LogP contribution < -0.4 is 16.4 Å². The number of anilines is 1. The summed E-state index contributed by atoms with van der Waals surface area (Å²) in [5.41, 5.74) is 8.65. The molecule has 37 heavy (non-hydrogen) atoms. The number of aryl methyl sites for hydroxylation is 3. The van der Waals surface area contributed by atoms with Crippen LogP contribution in [0.2, 0.25) is 0 Å². The Labute approximate surface area is 218 Å². The maximum Gasteiger partial charge on any atom is 0.408 e. The number of hydrogen-bond acceptors (Lipinski definition) is 5. The summed E-state index contributed by atoms with van der Waals surface area (Å²) in [6.07, 6.45) is -1.32. The van der Waals surface area contributed by atoms with Crippen molar-refractivity contribution in [2.24, 2.45) is 5.73 Å². The Morgan fingerprint density at radius 3 is 2.16 bits per heavy atom. The Morgan fingerprint density at radius 2 is 1.62 bits per heavy atom. The van der Waals surface area contributed by atoms with Gasteiger partial charge >= 0.3 is 6.09 Å². The number of para-hydroxylation sites is 1. The van der Waals surface area contributed by atoms with Gasteiger partial charge in [-0.25, -0.2) is 4.79 Å². The molecular weight excluding hydrogens is 472 g/mol. The number of nitrogens with zero attached hydrogens (tertiary/aromatic N) is 1. The second kappa shape index (κ2) is 12.4. The van der Waals surface area contributed by atoms with E-state index in [1.807, 2.05) is 51.1 Å². The highest BCUT2D eigenvalue weighted by Crippen LogP contribution is 2.27. The first-order valence-corrected chi connectivity index (χ1v) is 12.3. The van der Waals surface area contributed by atoms with Gasteiger partial charge in [0.2, 0.25) is 11.8 Å². The molecule has 0 aromatic heterocycles. The predicted octanol–water partition coefficient (Wildman–Crippen LogP) is 3.91. The number of carbonyl (C=O) groups excluding carboxylic acids is 4. The zero-order valence-corrected chi connectivity index (χ0v) is 22.7. The Bertz CT molecular complexity index is 1160. The van der Waals surface area contributed by atoms with Gasteiger partial charge in [-0.05, 0) is 76.8 Å². The molecule has 0 aliphatic heterocycles. The minimum Gasteiger partial charge on any atom is -0.444 e. The molecule has 0 aliphatic rings. The topological polar surface area (TPSA) is 131 Å². The van der Waals surface area contributed by atoms with E-state index < -0.39 is 47.9 Å². The maximum absolute atomic E-state index is 13.8. The van der Waals surface area contributed by atoms with Gasteiger partial charge in [0.1, 0.15) is 17.7 Å². The third-order valence-corrected chi connectivity index (χ3v) is 5.83. The lowest BCUT2D eigenvalue weighted by atomic mass is 9.98. The van der Waals surface area contributed by atoms with Crippen molar-refractivity contribution < 1.29 is 23.9 Å². The lowest BCUT2D eigenvalue weighted by molar-refractivity contribution is -0.141. The number of rotatable bonds is 9. The highest BCUT2D eigenvalue weighted by Gasteiger charge is 2.36. The molecular formula is C28H38N4O5. The zero-order valence-electron chi connectivity index (χ0n) is 22.7. The molecule has 0 fully saturated rings. The van der Waals surface area contributed by atoms with Gasteiger partial charge in [0, 0.05) is 12.2 Å². The van der Waals surface area contributed by atoms with Crippen LogP contribution in [0.15, 0.2) is 42.5 Å². The minimum absolute atomic E-state index is 0.128. The highest BCUT2D eigenvalue weighted by atomic mass is 16.6. The second-order valence-electron chi connectivity index (χ2n) is 10.0. The average molecular weight is 511 g/mol. The fourth-order valence-electron chi connectivity index (χ4n) is 3.84. The lowest BCUT2D eigenvalue weighted by Gasteiger charge is -2.33. The van der Waals surface area contributed by atoms with Crippen LogP contribution in [0, 0.1) is 20.8 Å². The molecule has 9 nitrogen and oxygen atoms in total. The molecule has 2 aromatic rings. The van der Waals surface area contributed by atoms with Crippen molar-refractivity contribution in [2.45, 2.75) is 72.6 Å². The van der Waals surface area contributed by atoms with Crippen molar-refractivity contribution in [1.29, 1.82) is 0 Å². The van der Waals surface area contributed by atoms with Crippen LogP contribution in [0.1, 0.15) is 62.4 Å². The van der Waals surface area contributed by atoms with Gasteiger partial charge in [-0.15, -0.1) is 0 Å². The van der Waals surface area contributed by atoms with Crippen LogP contribution in [-0.4, -0.2) is 46.9 Å². The zero-order chi connectivity index (χ0) is 27.9. The molecule has 0 aliphatic carbocycles. The lowest BCUT2D eigenvalue weighted by Crippen LogP contribution is -2.53. The van der Waals surface area contributed by atoms with Gasteiger partial charge in [0.05, 0.1) is 6.42 Å². The van der Waals surface area contributed by atoms with E-state index in [1.54, 1.807) is 39.8 Å². The highest BCUT2D eigenvalue weighted by molar-refractivity contribution is 6.00. The van der Waals surface area contributed by atoms with Crippen molar-refractivity contribution in [3.8, 4) is 0 Å². The Kier molecular flexibility index (Phi) is 9.82. The van der Waals surface area contributed by atoms with Crippen molar-refractivity contribution in [1.82, 2.24) is 10.2 Å². The van der Waals surface area contributed by atoms with Gasteiger partial charge in [-0.2, -0.15) is 0 Å². The number of primary amides is 1. The van der Waals surface area contributed by atoms with Gasteiger partial charge < -0.3 is 26.0 Å². The summed E-state index contributed by atoms with van der Waals surface area (Å²) in [7, 11) is 0. The summed E-state index contributed by atoms with van der Waals surface area (Å²) in [6.45, 7) is 12.7. The number of likely N-dealkylation sites (N-methyl/N-ethyl adjacent to an activating group) is 1. The van der Waals surface area contributed by atoms with E-state index in [1.165, 1.54) is 4.90 Å². The SMILES string of the molecule is CCN(C(=O)C(CC(N)=O)NC(=O)OC(C)(C)C)C(C(=O)Nc1ccccc1C)c1ccc(C)c(C)c1. The monoisotopic (exact) mass is 510 g/mol. The van der Waals surface area contributed by atoms with Gasteiger partial charge in [-0.3, -0.25) is 14.4 Å². The first-order chi connectivity index (χ1) is 17.2. The van der Waals surface area contributed by atoms with Crippen LogP contribution in [0.5, 0.6) is 0 Å². The van der Waals surface area contributed by atoms with Crippen LogP contribution >= 0.6 is 0 Å². The molecule has 0 spiro atoms. The molecule has 9 heteroatoms. The van der Waals surface area contributed by atoms with E-state index in [0.717, 1.165) is 16.7 Å². The fraction of sp³-hybridized carbons (Fsp3) is 0.429. The van der Waals surface area contributed by atoms with Crippen LogP contribution in [-0.2, 0) is 19.1 Å². The van der Waals surface area contributed by atoms with Crippen molar-refractivity contribution >= 4 is 29.5 Å². The van der Waals surface area contributed by atoms with Crippen LogP contribution in [0.3, 0.4) is 0 Å². The summed E-state index contributed by atoms with van der Waals surface area (Å²) in [4.78, 5) is 53.1. The summed E-state index contributed by atoms with van der Waals surface area (Å²) in [5, 5.41) is 5.39. The van der Waals surface area contributed by atoms with E-state index in [0.29, 0.717) is 11.3 Å². The Morgan fingerprint density at radius 1 is 0.973 bits per heavy atom. The van der Waals surface area contributed by atoms with Crippen LogP contribution in [0.4, 0.5) is 10.5 Å². The molecule has 0 saturated heterocycles. The Balaban J connectivity index is 2.50. The summed E-state index contributed by atoms with van der Waals surface area (Å²) < 4.78 is 5.27. The number of ether oxygens (including phenoxy) is 1. The molecule has 4 amide bonds. The molecule has 0 saturated carbocycles. The minimum atomic E-state index is -1.31. The number of amides is 4. The number of benzene rings is 2. The first kappa shape index (κ1) is 29.4. The molecule has 2 atom stereocenters. The third-order valence-electron chi connectivity index (χ3n) is 5.83. The van der Waals surface area contributed by atoms with Crippen molar-refractivity contribution in [3.63, 3.8) is 0 Å². The molecule has 200 valence electrons. The van der Waals surface area contributed by atoms with Gasteiger partial charge in [-0.1, -0.05) is 36.4 Å². The van der Waals surface area contributed by atoms with E-state index in [9.17, 15) is 19.2 Å². The van der Waals surface area contributed by atoms with Crippen molar-refractivity contribution in [3.05, 3.63) is 64.7 Å². The third kappa shape index (κ3) is 8.34. The first-order valence-electron chi connectivity index (χ1n) is 12.3. The standard InChI is InChI=1S/C28H38N4O5/c1-8-32(26(35)22(16-23(29)33)31-27(36)37-28(5,6)7)24(20-14-13-17(2)19(4)15-20)25(34)30-21-12-10-9-11-18(21)3/h9-15,22,24H,8,16H2,1-7H3,(H2,29,33)(H,30,34)(H,31,36). The average Bonchev–Trinajstić information content (AvgIpc) is 2.78. The number of carbonyl (C=O) groups is 4. The van der Waals surface area contributed by atoms with Gasteiger partial charge in [0.15, 0.2) is 0 Å². The normalized spacial score (nSPS) is 12.7. The van der Waals surface area contributed by atoms with Crippen molar-refractivity contribution in [2.75, 3.05) is 11.9 Å². The fourth-order valence-corrected chi connectivity index (χ4v) is 3.84. The molecule has 2 aromatic carbocycles. The smallest absolute Gasteiger partial charge is 0.408 e. The predicted molar refractivity (Wildman–Crippen MR) is 143 cm³/mol. The number of alkyl carbamates (subject to hydrolysis) is 1. The number of nitrogens with two attached hydrogens (primary N) is 1.